The van der Waals surface area contributed by atoms with E-state index in [0.29, 0.717) is 0 Å². The number of furan rings is 1. The third-order valence-corrected chi connectivity index (χ3v) is 10.6. The molecule has 0 spiro atoms. The molecule has 2 saturated heterocycles. The minimum absolute atomic E-state index is 0.0630. The average Bonchev–Trinajstić information content (AvgIpc) is 3.58. The van der Waals surface area contributed by atoms with Gasteiger partial charge in [0.25, 0.3) is 0 Å². The number of hydrogen-bond acceptors (Lipinski definition) is 7. The molecule has 1 aromatic rings. The van der Waals surface area contributed by atoms with Crippen LogP contribution in [0.1, 0.15) is 77.5 Å². The van der Waals surface area contributed by atoms with Crippen LogP contribution in [0.2, 0.25) is 0 Å². The molecule has 1 saturated carbocycles. The highest BCUT2D eigenvalue weighted by atomic mass is 16.6. The van der Waals surface area contributed by atoms with E-state index in [1.54, 1.807) is 12.3 Å². The highest BCUT2D eigenvalue weighted by Crippen LogP contribution is 2.72. The first-order chi connectivity index (χ1) is 17.4. The van der Waals surface area contributed by atoms with Gasteiger partial charge in [0.05, 0.1) is 31.3 Å². The summed E-state index contributed by atoms with van der Waals surface area (Å²) in [7, 11) is 1.38. The van der Waals surface area contributed by atoms with Gasteiger partial charge in [0.15, 0.2) is 5.78 Å². The molecule has 7 nitrogen and oxygen atoms in total. The van der Waals surface area contributed by atoms with Crippen molar-refractivity contribution in [1.82, 2.24) is 0 Å². The molecule has 0 N–H and O–H groups in total. The smallest absolute Gasteiger partial charge is 0.316 e. The highest BCUT2D eigenvalue weighted by Gasteiger charge is 2.77. The number of fused-ring (bicyclic) bond motifs is 4. The zero-order chi connectivity index (χ0) is 26.7. The van der Waals surface area contributed by atoms with Crippen LogP contribution < -0.4 is 0 Å². The van der Waals surface area contributed by atoms with Crippen molar-refractivity contribution in [2.45, 2.75) is 84.5 Å². The Labute approximate surface area is 217 Å². The van der Waals surface area contributed by atoms with Crippen LogP contribution in [-0.2, 0) is 28.6 Å². The first kappa shape index (κ1) is 24.7. The van der Waals surface area contributed by atoms with E-state index < -0.39 is 40.3 Å². The van der Waals surface area contributed by atoms with E-state index in [4.69, 9.17) is 18.6 Å². The van der Waals surface area contributed by atoms with Gasteiger partial charge in [0.1, 0.15) is 18.0 Å². The van der Waals surface area contributed by atoms with E-state index in [9.17, 15) is 14.4 Å². The zero-order valence-corrected chi connectivity index (χ0v) is 22.6. The van der Waals surface area contributed by atoms with E-state index >= 15 is 0 Å². The number of esters is 2. The predicted molar refractivity (Wildman–Crippen MR) is 133 cm³/mol. The normalized spacial score (nSPS) is 43.7. The Kier molecular flexibility index (Phi) is 5.12. The molecule has 1 aromatic heterocycles. The molecule has 5 aliphatic rings. The lowest BCUT2D eigenvalue weighted by atomic mass is 9.42. The van der Waals surface area contributed by atoms with Gasteiger partial charge in [-0.1, -0.05) is 39.3 Å². The van der Waals surface area contributed by atoms with Crippen LogP contribution >= 0.6 is 0 Å². The minimum atomic E-state index is -0.998. The van der Waals surface area contributed by atoms with Gasteiger partial charge in [0, 0.05) is 34.1 Å². The summed E-state index contributed by atoms with van der Waals surface area (Å²) in [6, 6.07) is 2.05. The van der Waals surface area contributed by atoms with Crippen molar-refractivity contribution in [1.29, 1.82) is 0 Å². The summed E-state index contributed by atoms with van der Waals surface area (Å²) in [6.07, 6.45) is 4.59. The third-order valence-electron chi connectivity index (χ3n) is 10.6. The number of methoxy groups -OCH3 is 1. The molecule has 3 aliphatic carbocycles. The molecule has 37 heavy (non-hydrogen) atoms. The van der Waals surface area contributed by atoms with Gasteiger partial charge < -0.3 is 18.6 Å². The lowest BCUT2D eigenvalue weighted by molar-refractivity contribution is -0.190. The van der Waals surface area contributed by atoms with Crippen LogP contribution in [0.25, 0.3) is 0 Å². The first-order valence-corrected chi connectivity index (χ1v) is 13.4. The number of carbonyl (C=O) groups is 3. The number of rotatable bonds is 4. The number of ether oxygens (including phenoxy) is 3. The van der Waals surface area contributed by atoms with Gasteiger partial charge >= 0.3 is 11.9 Å². The number of hydrogen-bond donors (Lipinski definition) is 0. The predicted octanol–water partition coefficient (Wildman–Crippen LogP) is 4.87. The van der Waals surface area contributed by atoms with Gasteiger partial charge in [-0.05, 0) is 43.9 Å². The highest BCUT2D eigenvalue weighted by molar-refractivity contribution is 6.00. The molecule has 0 aromatic carbocycles. The fourth-order valence-corrected chi connectivity index (χ4v) is 9.00. The third kappa shape index (κ3) is 2.84. The molecule has 0 radical (unpaired) electrons. The van der Waals surface area contributed by atoms with Crippen molar-refractivity contribution in [3.8, 4) is 0 Å². The summed E-state index contributed by atoms with van der Waals surface area (Å²) < 4.78 is 23.9. The van der Waals surface area contributed by atoms with E-state index in [1.165, 1.54) is 24.3 Å². The van der Waals surface area contributed by atoms with E-state index in [1.807, 2.05) is 13.8 Å². The van der Waals surface area contributed by atoms with Crippen LogP contribution in [0.15, 0.2) is 40.0 Å². The van der Waals surface area contributed by atoms with Gasteiger partial charge in [-0.25, -0.2) is 0 Å². The van der Waals surface area contributed by atoms with E-state index in [-0.39, 0.29) is 42.1 Å². The van der Waals surface area contributed by atoms with Crippen LogP contribution in [0, 0.1) is 28.1 Å². The SMILES string of the molecule is COC(=O)C[C@H]1[C@]2(C)C3=C(C)[C@H](c4ccoc4C(C)C)C[C@H]3O[C@@H]2[C@@H]2OC(=O)[C@]3(C)C=CC(=O)[C@@]1(C)[C@@H]23. The summed E-state index contributed by atoms with van der Waals surface area (Å²) in [5, 5.41) is 0. The van der Waals surface area contributed by atoms with Crippen molar-refractivity contribution >= 4 is 17.7 Å². The molecular formula is C30H36O7. The minimum Gasteiger partial charge on any atom is -0.469 e. The topological polar surface area (TPSA) is 92.0 Å². The van der Waals surface area contributed by atoms with Crippen LogP contribution in [0.4, 0.5) is 0 Å². The van der Waals surface area contributed by atoms with E-state index in [0.717, 1.165) is 17.8 Å². The Balaban J connectivity index is 1.55. The standard InChI is InChI=1S/C30H36O7/c1-14(2)23-16(9-11-35-23)17-12-18-22(15(17)3)30(6)19(13-21(32)34-7)29(5)20(31)8-10-28(4)25(29)24(26(30)36-18)37-27(28)33/h8-11,14,17-19,24-26H,12-13H2,1-7H3/t17-,18-,19-,24-,25+,26-,28-,29+,30-/m1/s1. The van der Waals surface area contributed by atoms with Crippen molar-refractivity contribution in [2.24, 2.45) is 28.1 Å². The Bertz CT molecular complexity index is 1270. The van der Waals surface area contributed by atoms with Crippen molar-refractivity contribution in [3.05, 3.63) is 47.0 Å². The molecular weight excluding hydrogens is 472 g/mol. The molecule has 9 atom stereocenters. The summed E-state index contributed by atoms with van der Waals surface area (Å²) in [4.78, 5) is 39.9. The van der Waals surface area contributed by atoms with Gasteiger partial charge in [0.2, 0.25) is 0 Å². The molecule has 0 bridgehead atoms. The molecule has 2 aliphatic heterocycles. The first-order valence-electron chi connectivity index (χ1n) is 13.4. The number of ketones is 1. The van der Waals surface area contributed by atoms with Gasteiger partial charge in [-0.2, -0.15) is 0 Å². The van der Waals surface area contributed by atoms with Gasteiger partial charge in [-0.15, -0.1) is 0 Å². The Morgan fingerprint density at radius 1 is 1.19 bits per heavy atom. The Morgan fingerprint density at radius 3 is 2.59 bits per heavy atom. The zero-order valence-electron chi connectivity index (χ0n) is 22.6. The second-order valence-corrected chi connectivity index (χ2v) is 12.6. The fourth-order valence-electron chi connectivity index (χ4n) is 9.00. The Hall–Kier alpha value is -2.67. The molecule has 3 fully saturated rings. The second-order valence-electron chi connectivity index (χ2n) is 12.6. The lowest BCUT2D eigenvalue weighted by Crippen LogP contribution is -2.66. The van der Waals surface area contributed by atoms with Crippen LogP contribution in [0.3, 0.4) is 0 Å². The Morgan fingerprint density at radius 2 is 1.92 bits per heavy atom. The quantitative estimate of drug-likeness (QED) is 0.423. The maximum Gasteiger partial charge on any atom is 0.316 e. The molecule has 0 amide bonds. The fraction of sp³-hybridized carbons (Fsp3) is 0.633. The second kappa shape index (κ2) is 7.68. The van der Waals surface area contributed by atoms with Crippen LogP contribution in [-0.4, -0.2) is 43.1 Å². The van der Waals surface area contributed by atoms with Crippen LogP contribution in [0.5, 0.6) is 0 Å². The summed E-state index contributed by atoms with van der Waals surface area (Å²) in [6.45, 7) is 12.3. The summed E-state index contributed by atoms with van der Waals surface area (Å²) in [5.74, 6) is -0.272. The molecule has 7 heteroatoms. The van der Waals surface area contributed by atoms with E-state index in [2.05, 4.69) is 33.8 Å². The monoisotopic (exact) mass is 508 g/mol. The van der Waals surface area contributed by atoms with Crippen molar-refractivity contribution in [3.63, 3.8) is 0 Å². The average molecular weight is 509 g/mol. The summed E-state index contributed by atoms with van der Waals surface area (Å²) in [5.41, 5.74) is 0.863. The maximum absolute atomic E-state index is 13.8. The maximum atomic E-state index is 13.8. The molecule has 3 heterocycles. The summed E-state index contributed by atoms with van der Waals surface area (Å²) >= 11 is 0. The van der Waals surface area contributed by atoms with Gasteiger partial charge in [-0.3, -0.25) is 14.4 Å². The molecule has 0 unspecified atom stereocenters. The van der Waals surface area contributed by atoms with Crippen molar-refractivity contribution < 1.29 is 33.0 Å². The van der Waals surface area contributed by atoms with Crippen molar-refractivity contribution in [2.75, 3.05) is 7.11 Å². The molecule has 6 rings (SSSR count). The molecule has 198 valence electrons. The number of allylic oxidation sites excluding steroid dienone is 2. The number of carbonyl (C=O) groups excluding carboxylic acids is 3. The lowest BCUT2D eigenvalue weighted by Gasteiger charge is -2.59. The largest absolute Gasteiger partial charge is 0.469 e.